The van der Waals surface area contributed by atoms with Crippen LogP contribution >= 0.6 is 0 Å². The molecule has 1 aliphatic rings. The summed E-state index contributed by atoms with van der Waals surface area (Å²) in [4.78, 5) is 13.8. The molecule has 6 heteroatoms. The van der Waals surface area contributed by atoms with Crippen molar-refractivity contribution < 1.29 is 19.1 Å². The van der Waals surface area contributed by atoms with Gasteiger partial charge in [-0.15, -0.1) is 0 Å². The van der Waals surface area contributed by atoms with Crippen molar-refractivity contribution in [3.8, 4) is 0 Å². The van der Waals surface area contributed by atoms with E-state index < -0.39 is 8.32 Å². The second-order valence-corrected chi connectivity index (χ2v) is 12.2. The van der Waals surface area contributed by atoms with Crippen LogP contribution in [0, 0.1) is 0 Å². The zero-order valence-corrected chi connectivity index (χ0v) is 15.6. The topological polar surface area (TPSA) is 59.0 Å². The van der Waals surface area contributed by atoms with Crippen LogP contribution in [0.2, 0.25) is 18.1 Å². The van der Waals surface area contributed by atoms with Crippen LogP contribution < -0.4 is 0 Å². The molecule has 1 rings (SSSR count). The number of hydrogen-bond donors (Lipinski definition) is 1. The molecule has 128 valence electrons. The predicted octanol–water partition coefficient (Wildman–Crippen LogP) is 3.16. The van der Waals surface area contributed by atoms with Gasteiger partial charge in [-0.1, -0.05) is 33.4 Å². The van der Waals surface area contributed by atoms with Crippen molar-refractivity contribution in [2.24, 2.45) is 0 Å². The van der Waals surface area contributed by atoms with E-state index in [9.17, 15) is 9.90 Å². The van der Waals surface area contributed by atoms with E-state index in [0.717, 1.165) is 6.42 Å². The van der Waals surface area contributed by atoms with Crippen molar-refractivity contribution >= 4 is 14.4 Å². The highest BCUT2D eigenvalue weighted by molar-refractivity contribution is 6.74. The zero-order chi connectivity index (χ0) is 17.0. The van der Waals surface area contributed by atoms with Crippen LogP contribution in [0.15, 0.2) is 12.7 Å². The molecule has 1 N–H and O–H groups in total. The fourth-order valence-electron chi connectivity index (χ4n) is 2.41. The average Bonchev–Trinajstić information content (AvgIpc) is 2.77. The molecule has 0 saturated carbocycles. The molecule has 0 unspecified atom stereocenters. The number of carbonyl (C=O) groups is 1. The van der Waals surface area contributed by atoms with Gasteiger partial charge >= 0.3 is 6.09 Å². The Labute approximate surface area is 135 Å². The van der Waals surface area contributed by atoms with Crippen molar-refractivity contribution in [3.63, 3.8) is 0 Å². The number of nitrogens with zero attached hydrogens (tertiary/aromatic N) is 1. The summed E-state index contributed by atoms with van der Waals surface area (Å²) in [6.07, 6.45) is 2.54. The second-order valence-electron chi connectivity index (χ2n) is 7.42. The largest absolute Gasteiger partial charge is 0.445 e. The van der Waals surface area contributed by atoms with E-state index in [1.54, 1.807) is 11.0 Å². The van der Waals surface area contributed by atoms with E-state index in [0.29, 0.717) is 13.0 Å². The summed E-state index contributed by atoms with van der Waals surface area (Å²) in [6, 6.07) is -0.0166. The van der Waals surface area contributed by atoms with Crippen LogP contribution in [0.3, 0.4) is 0 Å². The Kier molecular flexibility index (Phi) is 6.64. The molecule has 0 radical (unpaired) electrons. The highest BCUT2D eigenvalue weighted by atomic mass is 28.4. The van der Waals surface area contributed by atoms with Crippen LogP contribution in [-0.4, -0.2) is 56.3 Å². The van der Waals surface area contributed by atoms with E-state index >= 15 is 0 Å². The average molecular weight is 330 g/mol. The summed E-state index contributed by atoms with van der Waals surface area (Å²) in [6.45, 7) is 15.4. The Hall–Kier alpha value is -0.853. The lowest BCUT2D eigenvalue weighted by Gasteiger charge is -2.38. The van der Waals surface area contributed by atoms with Crippen molar-refractivity contribution in [3.05, 3.63) is 12.7 Å². The number of amides is 1. The minimum atomic E-state index is -1.87. The fraction of sp³-hybridized carbons (Fsp3) is 0.812. The molecule has 1 aliphatic heterocycles. The van der Waals surface area contributed by atoms with E-state index in [-0.39, 0.29) is 36.5 Å². The molecule has 0 aromatic carbocycles. The van der Waals surface area contributed by atoms with E-state index in [2.05, 4.69) is 40.4 Å². The van der Waals surface area contributed by atoms with Gasteiger partial charge in [0.2, 0.25) is 0 Å². The van der Waals surface area contributed by atoms with Crippen molar-refractivity contribution in [1.82, 2.24) is 4.90 Å². The summed E-state index contributed by atoms with van der Waals surface area (Å²) in [5, 5.41) is 9.36. The quantitative estimate of drug-likeness (QED) is 0.601. The maximum atomic E-state index is 12.1. The number of aliphatic hydroxyl groups is 1. The van der Waals surface area contributed by atoms with Gasteiger partial charge in [0, 0.05) is 19.2 Å². The lowest BCUT2D eigenvalue weighted by molar-refractivity contribution is 0.0985. The maximum absolute atomic E-state index is 12.1. The molecule has 0 aromatic heterocycles. The summed E-state index contributed by atoms with van der Waals surface area (Å²) in [5.41, 5.74) is 0. The lowest BCUT2D eigenvalue weighted by Crippen LogP contribution is -2.44. The Morgan fingerprint density at radius 1 is 1.45 bits per heavy atom. The first kappa shape index (κ1) is 19.2. The van der Waals surface area contributed by atoms with Gasteiger partial charge in [-0.3, -0.25) is 0 Å². The second kappa shape index (κ2) is 7.61. The zero-order valence-electron chi connectivity index (χ0n) is 14.6. The molecule has 0 aromatic rings. The van der Waals surface area contributed by atoms with Gasteiger partial charge in [0.1, 0.15) is 6.61 Å². The number of hydrogen-bond acceptors (Lipinski definition) is 4. The number of rotatable bonds is 6. The van der Waals surface area contributed by atoms with Gasteiger partial charge in [0.25, 0.3) is 0 Å². The molecular weight excluding hydrogens is 298 g/mol. The monoisotopic (exact) mass is 329 g/mol. The van der Waals surface area contributed by atoms with Crippen LogP contribution in [-0.2, 0) is 9.16 Å². The molecular formula is C16H31NO4Si. The fourth-order valence-corrected chi connectivity index (χ4v) is 3.77. The van der Waals surface area contributed by atoms with Crippen LogP contribution in [0.4, 0.5) is 4.79 Å². The molecule has 1 fully saturated rings. The smallest absolute Gasteiger partial charge is 0.410 e. The van der Waals surface area contributed by atoms with Gasteiger partial charge < -0.3 is 19.2 Å². The summed E-state index contributed by atoms with van der Waals surface area (Å²) >= 11 is 0. The van der Waals surface area contributed by atoms with Gasteiger partial charge in [-0.25, -0.2) is 4.79 Å². The molecule has 0 aliphatic carbocycles. The first-order valence-electron chi connectivity index (χ1n) is 7.95. The molecule has 1 heterocycles. The van der Waals surface area contributed by atoms with E-state index in [1.807, 2.05) is 0 Å². The number of likely N-dealkylation sites (tertiary alicyclic amines) is 1. The third-order valence-electron chi connectivity index (χ3n) is 4.67. The summed E-state index contributed by atoms with van der Waals surface area (Å²) in [7, 11) is -1.87. The molecule has 0 bridgehead atoms. The van der Waals surface area contributed by atoms with Gasteiger partial charge in [0.15, 0.2) is 8.32 Å². The summed E-state index contributed by atoms with van der Waals surface area (Å²) in [5.74, 6) is 0. The van der Waals surface area contributed by atoms with Crippen LogP contribution in [0.1, 0.15) is 33.6 Å². The molecule has 5 nitrogen and oxygen atoms in total. The Morgan fingerprint density at radius 3 is 2.59 bits per heavy atom. The SMILES string of the molecule is C=CCOC(=O)N1C[C@H](O[Si](C)(C)C(C)(C)C)C[C@H]1CCO. The van der Waals surface area contributed by atoms with Crippen molar-refractivity contribution in [1.29, 1.82) is 0 Å². The van der Waals surface area contributed by atoms with Crippen molar-refractivity contribution in [2.45, 2.75) is 63.9 Å². The number of ether oxygens (including phenoxy) is 1. The van der Waals surface area contributed by atoms with Crippen molar-refractivity contribution in [2.75, 3.05) is 19.8 Å². The van der Waals surface area contributed by atoms with Crippen LogP contribution in [0.5, 0.6) is 0 Å². The lowest BCUT2D eigenvalue weighted by atomic mass is 10.1. The Morgan fingerprint density at radius 2 is 2.09 bits per heavy atom. The molecule has 2 atom stereocenters. The number of carbonyl (C=O) groups excluding carboxylic acids is 1. The first-order valence-corrected chi connectivity index (χ1v) is 10.9. The molecule has 1 saturated heterocycles. The van der Waals surface area contributed by atoms with Gasteiger partial charge in [-0.05, 0) is 31.0 Å². The number of aliphatic hydroxyl groups excluding tert-OH is 1. The van der Waals surface area contributed by atoms with Crippen LogP contribution in [0.25, 0.3) is 0 Å². The minimum absolute atomic E-state index is 0.0166. The third kappa shape index (κ3) is 4.83. The van der Waals surface area contributed by atoms with E-state index in [4.69, 9.17) is 9.16 Å². The Bertz CT molecular complexity index is 392. The first-order chi connectivity index (χ1) is 10.1. The van der Waals surface area contributed by atoms with E-state index in [1.165, 1.54) is 0 Å². The van der Waals surface area contributed by atoms with Gasteiger partial charge in [-0.2, -0.15) is 0 Å². The predicted molar refractivity (Wildman–Crippen MR) is 90.4 cm³/mol. The highest BCUT2D eigenvalue weighted by Crippen LogP contribution is 2.39. The standard InChI is InChI=1S/C16H31NO4Si/c1-7-10-20-15(19)17-12-14(11-13(17)8-9-18)21-22(5,6)16(2,3)4/h7,13-14,18H,1,8-12H2,2-6H3/t13-,14-/m1/s1. The molecule has 1 amide bonds. The summed E-state index contributed by atoms with van der Waals surface area (Å²) < 4.78 is 11.6. The molecule has 0 spiro atoms. The molecule has 22 heavy (non-hydrogen) atoms. The third-order valence-corrected chi connectivity index (χ3v) is 9.20. The van der Waals surface area contributed by atoms with Gasteiger partial charge in [0.05, 0.1) is 6.10 Å². The highest BCUT2D eigenvalue weighted by Gasteiger charge is 2.43. The Balaban J connectivity index is 2.73. The maximum Gasteiger partial charge on any atom is 0.410 e. The minimum Gasteiger partial charge on any atom is -0.445 e. The normalized spacial score (nSPS) is 22.7.